The summed E-state index contributed by atoms with van der Waals surface area (Å²) in [5, 5.41) is 0. The first-order chi connectivity index (χ1) is 19.0. The Kier molecular flexibility index (Phi) is 6.08. The summed E-state index contributed by atoms with van der Waals surface area (Å²) in [5.74, 6) is 0.619. The third kappa shape index (κ3) is 4.02. The van der Waals surface area contributed by atoms with Crippen LogP contribution in [-0.2, 0) is 5.41 Å². The minimum atomic E-state index is -0.558. The van der Waals surface area contributed by atoms with Crippen molar-refractivity contribution < 1.29 is 19.1 Å². The van der Waals surface area contributed by atoms with Gasteiger partial charge in [-0.25, -0.2) is 4.79 Å². The van der Waals surface area contributed by atoms with Crippen LogP contribution >= 0.6 is 0 Å². The fraction of sp³-hybridized carbons (Fsp3) is 0.0857. The summed E-state index contributed by atoms with van der Waals surface area (Å²) in [5.41, 5.74) is 7.21. The number of carbonyl (C=O) groups is 2. The van der Waals surface area contributed by atoms with Gasteiger partial charge in [-0.2, -0.15) is 0 Å². The molecular formula is C35H26O4. The number of esters is 1. The average Bonchev–Trinajstić information content (AvgIpc) is 3.29. The van der Waals surface area contributed by atoms with E-state index in [0.29, 0.717) is 16.9 Å². The standard InChI is InChI=1S/C35H26O4/c1-23(36)24-8-7-9-25(22-24)34(37)39-29-20-16-27(17-21-29)35(26-14-18-28(38-2)19-15-26)32-12-5-3-10-30(32)31-11-4-6-13-33(31)35/h3-22H,1-2H3. The van der Waals surface area contributed by atoms with Gasteiger partial charge < -0.3 is 9.47 Å². The molecule has 4 heteroatoms. The van der Waals surface area contributed by atoms with Crippen LogP contribution in [0.15, 0.2) is 121 Å². The van der Waals surface area contributed by atoms with Gasteiger partial charge in [0.05, 0.1) is 18.1 Å². The fourth-order valence-corrected chi connectivity index (χ4v) is 5.67. The Morgan fingerprint density at radius 2 is 1.10 bits per heavy atom. The van der Waals surface area contributed by atoms with Crippen molar-refractivity contribution in [2.75, 3.05) is 7.11 Å². The van der Waals surface area contributed by atoms with Gasteiger partial charge in [-0.3, -0.25) is 4.79 Å². The topological polar surface area (TPSA) is 52.6 Å². The highest BCUT2D eigenvalue weighted by molar-refractivity contribution is 5.98. The Morgan fingerprint density at radius 3 is 1.64 bits per heavy atom. The number of ether oxygens (including phenoxy) is 2. The third-order valence-electron chi connectivity index (χ3n) is 7.48. The van der Waals surface area contributed by atoms with E-state index in [1.165, 1.54) is 29.2 Å². The number of Topliss-reactive ketones (excluding diaryl/α,β-unsaturated/α-hetero) is 1. The van der Waals surface area contributed by atoms with Crippen molar-refractivity contribution >= 4 is 11.8 Å². The van der Waals surface area contributed by atoms with Gasteiger partial charge >= 0.3 is 5.97 Å². The molecule has 0 radical (unpaired) electrons. The van der Waals surface area contributed by atoms with Crippen LogP contribution in [-0.4, -0.2) is 18.9 Å². The summed E-state index contributed by atoms with van der Waals surface area (Å²) < 4.78 is 11.1. The molecule has 0 N–H and O–H groups in total. The average molecular weight is 511 g/mol. The summed E-state index contributed by atoms with van der Waals surface area (Å²) >= 11 is 0. The van der Waals surface area contributed by atoms with Crippen molar-refractivity contribution in [2.45, 2.75) is 12.3 Å². The molecular weight excluding hydrogens is 484 g/mol. The third-order valence-corrected chi connectivity index (χ3v) is 7.48. The highest BCUT2D eigenvalue weighted by Crippen LogP contribution is 2.56. The molecule has 190 valence electrons. The zero-order valence-corrected chi connectivity index (χ0v) is 21.7. The number of fused-ring (bicyclic) bond motifs is 3. The van der Waals surface area contributed by atoms with Gasteiger partial charge in [0.25, 0.3) is 0 Å². The second-order valence-corrected chi connectivity index (χ2v) is 9.62. The minimum Gasteiger partial charge on any atom is -0.497 e. The van der Waals surface area contributed by atoms with Crippen LogP contribution in [0.1, 0.15) is 49.9 Å². The summed E-state index contributed by atoms with van der Waals surface area (Å²) in [6, 6.07) is 39.5. The van der Waals surface area contributed by atoms with Gasteiger partial charge in [-0.1, -0.05) is 84.9 Å². The number of rotatable bonds is 6. The van der Waals surface area contributed by atoms with Gasteiger partial charge in [-0.05, 0) is 76.7 Å². The van der Waals surface area contributed by atoms with Crippen LogP contribution in [0, 0.1) is 0 Å². The van der Waals surface area contributed by atoms with E-state index < -0.39 is 11.4 Å². The molecule has 6 rings (SSSR count). The maximum Gasteiger partial charge on any atom is 0.343 e. The molecule has 1 aliphatic carbocycles. The molecule has 39 heavy (non-hydrogen) atoms. The number of carbonyl (C=O) groups excluding carboxylic acids is 2. The number of ketones is 1. The van der Waals surface area contributed by atoms with Crippen molar-refractivity contribution in [3.8, 4) is 22.6 Å². The number of hydrogen-bond donors (Lipinski definition) is 0. The highest BCUT2D eigenvalue weighted by atomic mass is 16.5. The van der Waals surface area contributed by atoms with E-state index in [4.69, 9.17) is 9.47 Å². The van der Waals surface area contributed by atoms with Gasteiger partial charge in [0.2, 0.25) is 0 Å². The zero-order chi connectivity index (χ0) is 27.0. The Balaban J connectivity index is 1.45. The summed E-state index contributed by atoms with van der Waals surface area (Å²) in [7, 11) is 1.67. The van der Waals surface area contributed by atoms with Crippen molar-refractivity contribution in [3.63, 3.8) is 0 Å². The van der Waals surface area contributed by atoms with Gasteiger partial charge in [0.1, 0.15) is 11.5 Å². The molecule has 1 aliphatic rings. The lowest BCUT2D eigenvalue weighted by Gasteiger charge is -2.34. The number of methoxy groups -OCH3 is 1. The molecule has 0 atom stereocenters. The molecule has 0 saturated heterocycles. The van der Waals surface area contributed by atoms with Crippen molar-refractivity contribution in [1.29, 1.82) is 0 Å². The van der Waals surface area contributed by atoms with E-state index in [2.05, 4.69) is 60.7 Å². The summed E-state index contributed by atoms with van der Waals surface area (Å²) in [6.45, 7) is 1.47. The summed E-state index contributed by atoms with van der Waals surface area (Å²) in [4.78, 5) is 24.6. The van der Waals surface area contributed by atoms with Crippen molar-refractivity contribution in [2.24, 2.45) is 0 Å². The van der Waals surface area contributed by atoms with Crippen LogP contribution in [0.25, 0.3) is 11.1 Å². The molecule has 0 spiro atoms. The molecule has 0 aliphatic heterocycles. The number of hydrogen-bond acceptors (Lipinski definition) is 4. The molecule has 0 amide bonds. The second-order valence-electron chi connectivity index (χ2n) is 9.62. The Hall–Kier alpha value is -4.96. The first kappa shape index (κ1) is 24.4. The van der Waals surface area contributed by atoms with E-state index in [9.17, 15) is 9.59 Å². The minimum absolute atomic E-state index is 0.102. The summed E-state index contributed by atoms with van der Waals surface area (Å²) in [6.07, 6.45) is 0. The van der Waals surface area contributed by atoms with E-state index in [-0.39, 0.29) is 5.78 Å². The SMILES string of the molecule is COc1ccc(C2(c3ccc(OC(=O)c4cccc(C(C)=O)c4)cc3)c3ccccc3-c3ccccc32)cc1. The number of benzene rings is 5. The predicted molar refractivity (Wildman–Crippen MR) is 152 cm³/mol. The lowest BCUT2D eigenvalue weighted by molar-refractivity contribution is 0.0734. The van der Waals surface area contributed by atoms with Crippen LogP contribution < -0.4 is 9.47 Å². The van der Waals surface area contributed by atoms with E-state index in [1.807, 2.05) is 36.4 Å². The molecule has 0 heterocycles. The highest BCUT2D eigenvalue weighted by Gasteiger charge is 2.45. The van der Waals surface area contributed by atoms with Crippen molar-refractivity contribution in [1.82, 2.24) is 0 Å². The van der Waals surface area contributed by atoms with Gasteiger partial charge in [-0.15, -0.1) is 0 Å². The quantitative estimate of drug-likeness (QED) is 0.132. The Morgan fingerprint density at radius 1 is 0.590 bits per heavy atom. The fourth-order valence-electron chi connectivity index (χ4n) is 5.67. The Labute approximate surface area is 227 Å². The molecule has 0 fully saturated rings. The smallest absolute Gasteiger partial charge is 0.343 e. The molecule has 5 aromatic rings. The monoisotopic (exact) mass is 510 g/mol. The lowest BCUT2D eigenvalue weighted by atomic mass is 9.68. The molecule has 0 saturated carbocycles. The maximum absolute atomic E-state index is 12.9. The van der Waals surface area contributed by atoms with E-state index in [1.54, 1.807) is 31.4 Å². The Bertz CT molecular complexity index is 1650. The van der Waals surface area contributed by atoms with Gasteiger partial charge in [0.15, 0.2) is 5.78 Å². The molecule has 0 bridgehead atoms. The lowest BCUT2D eigenvalue weighted by Crippen LogP contribution is -2.28. The van der Waals surface area contributed by atoms with Crippen LogP contribution in [0.4, 0.5) is 0 Å². The van der Waals surface area contributed by atoms with E-state index >= 15 is 0 Å². The normalized spacial score (nSPS) is 12.8. The molecule has 0 aromatic heterocycles. The largest absolute Gasteiger partial charge is 0.497 e. The first-order valence-corrected chi connectivity index (χ1v) is 12.8. The molecule has 0 unspecified atom stereocenters. The predicted octanol–water partition coefficient (Wildman–Crippen LogP) is 7.48. The zero-order valence-electron chi connectivity index (χ0n) is 21.7. The van der Waals surface area contributed by atoms with Crippen LogP contribution in [0.2, 0.25) is 0 Å². The van der Waals surface area contributed by atoms with Gasteiger partial charge in [0, 0.05) is 5.56 Å². The van der Waals surface area contributed by atoms with E-state index in [0.717, 1.165) is 16.9 Å². The maximum atomic E-state index is 12.9. The molecule has 5 aromatic carbocycles. The van der Waals surface area contributed by atoms with Crippen LogP contribution in [0.5, 0.6) is 11.5 Å². The first-order valence-electron chi connectivity index (χ1n) is 12.8. The molecule has 4 nitrogen and oxygen atoms in total. The van der Waals surface area contributed by atoms with Crippen LogP contribution in [0.3, 0.4) is 0 Å². The van der Waals surface area contributed by atoms with Crippen molar-refractivity contribution in [3.05, 3.63) is 155 Å². The second kappa shape index (κ2) is 9.73.